The van der Waals surface area contributed by atoms with Crippen LogP contribution in [-0.2, 0) is 13.1 Å². The minimum atomic E-state index is -0.647. The molecule has 38 heavy (non-hydrogen) atoms. The summed E-state index contributed by atoms with van der Waals surface area (Å²) in [7, 11) is 2.00. The van der Waals surface area contributed by atoms with E-state index in [0.717, 1.165) is 29.6 Å². The van der Waals surface area contributed by atoms with Crippen molar-refractivity contribution in [1.29, 1.82) is 0 Å². The number of anilines is 2. The van der Waals surface area contributed by atoms with Crippen LogP contribution in [0.3, 0.4) is 0 Å². The van der Waals surface area contributed by atoms with E-state index >= 15 is 0 Å². The van der Waals surface area contributed by atoms with Crippen LogP contribution < -0.4 is 16.0 Å². The second kappa shape index (κ2) is 10.2. The first-order valence-corrected chi connectivity index (χ1v) is 13.7. The summed E-state index contributed by atoms with van der Waals surface area (Å²) in [6.45, 7) is 5.92. The molecular weight excluding hydrogens is 486 g/mol. The summed E-state index contributed by atoms with van der Waals surface area (Å²) >= 11 is 0. The topological polar surface area (TPSA) is 144 Å². The van der Waals surface area contributed by atoms with Gasteiger partial charge in [0.2, 0.25) is 17.6 Å². The zero-order valence-corrected chi connectivity index (χ0v) is 22.2. The fourth-order valence-corrected chi connectivity index (χ4v) is 5.70. The van der Waals surface area contributed by atoms with Crippen molar-refractivity contribution in [2.45, 2.75) is 77.9 Å². The highest BCUT2D eigenvalue weighted by atomic mass is 16.5. The molecule has 12 nitrogen and oxygen atoms in total. The molecule has 0 aliphatic heterocycles. The summed E-state index contributed by atoms with van der Waals surface area (Å²) in [5.74, 6) is 3.22. The van der Waals surface area contributed by atoms with Crippen LogP contribution in [0.5, 0.6) is 0 Å². The Morgan fingerprint density at radius 2 is 1.97 bits per heavy atom. The molecule has 2 fully saturated rings. The first kappa shape index (κ1) is 24.6. The van der Waals surface area contributed by atoms with E-state index < -0.39 is 5.76 Å². The van der Waals surface area contributed by atoms with Crippen LogP contribution in [0.15, 0.2) is 26.2 Å². The molecule has 0 amide bonds. The Kier molecular flexibility index (Phi) is 6.62. The van der Waals surface area contributed by atoms with Crippen LogP contribution in [0.1, 0.15) is 64.5 Å². The van der Waals surface area contributed by atoms with Gasteiger partial charge in [-0.2, -0.15) is 4.98 Å². The zero-order chi connectivity index (χ0) is 26.2. The van der Waals surface area contributed by atoms with E-state index in [4.69, 9.17) is 24.0 Å². The highest BCUT2D eigenvalue weighted by Gasteiger charge is 2.29. The number of aromatic amines is 1. The number of aromatic nitrogens is 7. The standard InChI is InChI=1S/C26H35N9O3/c1-15-7-9-17(10-8-15)13-35-20-21(27-16(2)18-5-4-6-18)28-23(24-31-26(36)38-33-24)29-22(20)30-25(35)34(3)14-19-11-12-37-32-19/h11-12,15-18H,4-10,13-14H2,1-3H3,(H,27,28,29)(H,31,33,36)/t15?,16-,17?/m1/s1. The van der Waals surface area contributed by atoms with Gasteiger partial charge < -0.3 is 19.3 Å². The molecule has 6 rings (SSSR count). The number of fused-ring (bicyclic) bond motifs is 1. The van der Waals surface area contributed by atoms with Crippen molar-refractivity contribution < 1.29 is 9.05 Å². The summed E-state index contributed by atoms with van der Waals surface area (Å²) in [4.78, 5) is 30.9. The molecule has 4 heterocycles. The predicted molar refractivity (Wildman–Crippen MR) is 142 cm³/mol. The molecule has 4 aromatic rings. The maximum atomic E-state index is 11.7. The summed E-state index contributed by atoms with van der Waals surface area (Å²) in [5, 5.41) is 11.6. The van der Waals surface area contributed by atoms with Crippen LogP contribution in [0.25, 0.3) is 22.8 Å². The van der Waals surface area contributed by atoms with Crippen molar-refractivity contribution in [2.75, 3.05) is 17.3 Å². The van der Waals surface area contributed by atoms with Crippen molar-refractivity contribution in [2.24, 2.45) is 17.8 Å². The number of rotatable bonds is 9. The Morgan fingerprint density at radius 3 is 2.63 bits per heavy atom. The molecule has 2 aliphatic rings. The molecule has 0 aromatic carbocycles. The lowest BCUT2D eigenvalue weighted by atomic mass is 9.80. The fraction of sp³-hybridized carbons (Fsp3) is 0.615. The average molecular weight is 522 g/mol. The average Bonchev–Trinajstić information content (AvgIpc) is 3.60. The fourth-order valence-electron chi connectivity index (χ4n) is 5.70. The van der Waals surface area contributed by atoms with E-state index in [1.54, 1.807) is 6.26 Å². The molecule has 0 spiro atoms. The number of hydrogen-bond acceptors (Lipinski definition) is 10. The minimum Gasteiger partial charge on any atom is -0.365 e. The maximum absolute atomic E-state index is 11.7. The Labute approximate surface area is 220 Å². The van der Waals surface area contributed by atoms with Crippen LogP contribution in [0.2, 0.25) is 0 Å². The molecule has 2 N–H and O–H groups in total. The molecule has 12 heteroatoms. The Hall–Kier alpha value is -3.70. The van der Waals surface area contributed by atoms with Gasteiger partial charge in [0.1, 0.15) is 17.5 Å². The van der Waals surface area contributed by atoms with Gasteiger partial charge in [-0.1, -0.05) is 36.5 Å². The van der Waals surface area contributed by atoms with Crippen molar-refractivity contribution in [3.63, 3.8) is 0 Å². The zero-order valence-electron chi connectivity index (χ0n) is 22.2. The second-order valence-corrected chi connectivity index (χ2v) is 11.1. The Bertz CT molecular complexity index is 1430. The molecule has 2 aliphatic carbocycles. The van der Waals surface area contributed by atoms with E-state index in [9.17, 15) is 4.79 Å². The minimum absolute atomic E-state index is 0.185. The molecule has 1 atom stereocenters. The van der Waals surface area contributed by atoms with Gasteiger partial charge in [-0.05, 0) is 50.4 Å². The highest BCUT2D eigenvalue weighted by Crippen LogP contribution is 2.36. The molecule has 2 saturated carbocycles. The third-order valence-corrected chi connectivity index (χ3v) is 8.26. The van der Waals surface area contributed by atoms with Crippen molar-refractivity contribution in [3.8, 4) is 11.6 Å². The van der Waals surface area contributed by atoms with Crippen LogP contribution >= 0.6 is 0 Å². The largest absolute Gasteiger partial charge is 0.439 e. The molecule has 0 unspecified atom stereocenters. The molecule has 0 saturated heterocycles. The van der Waals surface area contributed by atoms with Crippen LogP contribution in [0, 0.1) is 17.8 Å². The van der Waals surface area contributed by atoms with Crippen molar-refractivity contribution in [3.05, 3.63) is 28.6 Å². The van der Waals surface area contributed by atoms with E-state index in [1.165, 1.54) is 44.9 Å². The molecule has 202 valence electrons. The number of H-pyrrole nitrogens is 1. The molecule has 0 radical (unpaired) electrons. The lowest BCUT2D eigenvalue weighted by Crippen LogP contribution is -2.31. The van der Waals surface area contributed by atoms with Crippen LogP contribution in [0.4, 0.5) is 11.8 Å². The number of nitrogens with one attached hydrogen (secondary N) is 2. The summed E-state index contributed by atoms with van der Waals surface area (Å²) < 4.78 is 12.1. The SMILES string of the molecule is CC1CCC(Cn2c(N(C)Cc3ccon3)nc3nc(-c4noc(=O)[nH]4)nc(N[C@H](C)C4CCC4)c32)CC1. The lowest BCUT2D eigenvalue weighted by molar-refractivity contribution is 0.267. The third kappa shape index (κ3) is 4.91. The van der Waals surface area contributed by atoms with E-state index in [-0.39, 0.29) is 17.7 Å². The van der Waals surface area contributed by atoms with E-state index in [2.05, 4.69) is 43.9 Å². The predicted octanol–water partition coefficient (Wildman–Crippen LogP) is 4.22. The number of imidazole rings is 1. The van der Waals surface area contributed by atoms with E-state index in [1.807, 2.05) is 13.1 Å². The maximum Gasteiger partial charge on any atom is 0.439 e. The quantitative estimate of drug-likeness (QED) is 0.328. The van der Waals surface area contributed by atoms with Gasteiger partial charge in [-0.15, -0.1) is 0 Å². The smallest absolute Gasteiger partial charge is 0.365 e. The van der Waals surface area contributed by atoms with Crippen molar-refractivity contribution >= 4 is 22.9 Å². The molecule has 0 bridgehead atoms. The number of nitrogens with zero attached hydrogens (tertiary/aromatic N) is 7. The van der Waals surface area contributed by atoms with Gasteiger partial charge in [-0.25, -0.2) is 14.8 Å². The summed E-state index contributed by atoms with van der Waals surface area (Å²) in [6, 6.07) is 2.10. The van der Waals surface area contributed by atoms with Gasteiger partial charge in [0, 0.05) is 25.7 Å². The highest BCUT2D eigenvalue weighted by molar-refractivity contribution is 5.87. The van der Waals surface area contributed by atoms with Gasteiger partial charge in [0.05, 0.1) is 6.54 Å². The first-order chi connectivity index (χ1) is 18.4. The third-order valence-electron chi connectivity index (χ3n) is 8.26. The lowest BCUT2D eigenvalue weighted by Gasteiger charge is -2.32. The van der Waals surface area contributed by atoms with Gasteiger partial charge in [0.15, 0.2) is 11.5 Å². The molecular formula is C26H35N9O3. The monoisotopic (exact) mass is 521 g/mol. The number of hydrogen-bond donors (Lipinski definition) is 2. The van der Waals surface area contributed by atoms with Crippen molar-refractivity contribution in [1.82, 2.24) is 34.8 Å². The van der Waals surface area contributed by atoms with Gasteiger partial charge in [-0.3, -0.25) is 9.51 Å². The van der Waals surface area contributed by atoms with E-state index in [0.29, 0.717) is 29.8 Å². The summed E-state index contributed by atoms with van der Waals surface area (Å²) in [6.07, 6.45) is 10.1. The Morgan fingerprint density at radius 1 is 1.16 bits per heavy atom. The molecule has 4 aromatic heterocycles. The summed E-state index contributed by atoms with van der Waals surface area (Å²) in [5.41, 5.74) is 2.24. The van der Waals surface area contributed by atoms with Gasteiger partial charge >= 0.3 is 5.76 Å². The normalized spacial score (nSPS) is 20.9. The van der Waals surface area contributed by atoms with Gasteiger partial charge in [0.25, 0.3) is 0 Å². The first-order valence-electron chi connectivity index (χ1n) is 13.7. The Balaban J connectivity index is 1.46. The van der Waals surface area contributed by atoms with Crippen LogP contribution in [-0.4, -0.2) is 47.9 Å². The second-order valence-electron chi connectivity index (χ2n) is 11.1.